The first-order chi connectivity index (χ1) is 12.5. The van der Waals surface area contributed by atoms with Crippen LogP contribution in [0.1, 0.15) is 37.5 Å². The first-order valence-corrected chi connectivity index (χ1v) is 8.93. The van der Waals surface area contributed by atoms with Crippen LogP contribution in [0.15, 0.2) is 54.7 Å². The van der Waals surface area contributed by atoms with Crippen molar-refractivity contribution in [1.29, 1.82) is 0 Å². The number of nitrogens with zero attached hydrogens (tertiary/aromatic N) is 1. The van der Waals surface area contributed by atoms with E-state index in [0.717, 1.165) is 38.9 Å². The molecule has 0 radical (unpaired) electrons. The number of amides is 1. The summed E-state index contributed by atoms with van der Waals surface area (Å²) in [4.78, 5) is 18.6. The van der Waals surface area contributed by atoms with Gasteiger partial charge in [-0.05, 0) is 38.5 Å². The van der Waals surface area contributed by atoms with Crippen molar-refractivity contribution >= 4 is 39.7 Å². The molecule has 0 aliphatic carbocycles. The Morgan fingerprint density at radius 3 is 2.65 bits per heavy atom. The van der Waals surface area contributed by atoms with E-state index in [9.17, 15) is 4.79 Å². The fourth-order valence-electron chi connectivity index (χ4n) is 4.39. The average molecular weight is 340 g/mol. The zero-order valence-electron chi connectivity index (χ0n) is 15.1. The molecule has 0 fully saturated rings. The standard InChI is InChI=1S/C23H20N2O/c1-14-12-23(2,3)25-21-16(14)8-6-9-18(21)19(22(25)26)11-15-13-24-20-10-5-4-7-17(15)20/h4-13,24H,1-3H3/b19-11-. The molecule has 0 atom stereocenters. The molecule has 2 aliphatic rings. The Kier molecular flexibility index (Phi) is 2.91. The molecule has 0 saturated heterocycles. The number of allylic oxidation sites excluding steroid dienone is 1. The lowest BCUT2D eigenvalue weighted by atomic mass is 9.89. The first-order valence-electron chi connectivity index (χ1n) is 8.93. The number of aromatic nitrogens is 1. The van der Waals surface area contributed by atoms with Crippen molar-refractivity contribution in [3.8, 4) is 0 Å². The Hall–Kier alpha value is -3.07. The van der Waals surface area contributed by atoms with Crippen LogP contribution in [0.25, 0.3) is 28.1 Å². The Balaban J connectivity index is 1.76. The van der Waals surface area contributed by atoms with Crippen LogP contribution in [0.2, 0.25) is 0 Å². The van der Waals surface area contributed by atoms with E-state index in [4.69, 9.17) is 0 Å². The van der Waals surface area contributed by atoms with Gasteiger partial charge in [0, 0.05) is 39.4 Å². The lowest BCUT2D eigenvalue weighted by Crippen LogP contribution is -2.46. The van der Waals surface area contributed by atoms with Crippen molar-refractivity contribution in [3.63, 3.8) is 0 Å². The van der Waals surface area contributed by atoms with Crippen LogP contribution in [0.5, 0.6) is 0 Å². The number of H-pyrrole nitrogens is 1. The van der Waals surface area contributed by atoms with Crippen LogP contribution < -0.4 is 4.90 Å². The predicted octanol–water partition coefficient (Wildman–Crippen LogP) is 5.25. The Morgan fingerprint density at radius 1 is 1.04 bits per heavy atom. The van der Waals surface area contributed by atoms with E-state index in [1.54, 1.807) is 0 Å². The molecule has 128 valence electrons. The van der Waals surface area contributed by atoms with Crippen LogP contribution >= 0.6 is 0 Å². The number of fused-ring (bicyclic) bond motifs is 1. The summed E-state index contributed by atoms with van der Waals surface area (Å²) in [6, 6.07) is 14.4. The van der Waals surface area contributed by atoms with Crippen LogP contribution in [0.4, 0.5) is 5.69 Å². The Morgan fingerprint density at radius 2 is 1.81 bits per heavy atom. The molecule has 0 unspecified atom stereocenters. The zero-order chi connectivity index (χ0) is 18.1. The normalized spacial score (nSPS) is 19.2. The number of aromatic amines is 1. The third-order valence-electron chi connectivity index (χ3n) is 5.48. The fourth-order valence-corrected chi connectivity index (χ4v) is 4.39. The van der Waals surface area contributed by atoms with Crippen molar-refractivity contribution in [2.75, 3.05) is 4.90 Å². The van der Waals surface area contributed by atoms with E-state index in [-0.39, 0.29) is 11.4 Å². The number of nitrogens with one attached hydrogen (secondary N) is 1. The van der Waals surface area contributed by atoms with E-state index in [2.05, 4.69) is 56.1 Å². The molecule has 26 heavy (non-hydrogen) atoms. The molecule has 3 aromatic rings. The fraction of sp³-hybridized carbons (Fsp3) is 0.174. The van der Waals surface area contributed by atoms with E-state index < -0.39 is 0 Å². The van der Waals surface area contributed by atoms with Gasteiger partial charge in [-0.2, -0.15) is 0 Å². The van der Waals surface area contributed by atoms with Crippen molar-refractivity contribution in [2.45, 2.75) is 26.3 Å². The number of para-hydroxylation sites is 2. The number of carbonyl (C=O) groups is 1. The number of carbonyl (C=O) groups excluding carboxylic acids is 1. The second-order valence-corrected chi connectivity index (χ2v) is 7.67. The number of rotatable bonds is 1. The molecule has 2 aliphatic heterocycles. The van der Waals surface area contributed by atoms with Crippen LogP contribution in [0.3, 0.4) is 0 Å². The summed E-state index contributed by atoms with van der Waals surface area (Å²) in [5.41, 5.74) is 7.01. The molecule has 1 amide bonds. The second-order valence-electron chi connectivity index (χ2n) is 7.67. The van der Waals surface area contributed by atoms with Gasteiger partial charge >= 0.3 is 0 Å². The molecule has 3 heteroatoms. The number of anilines is 1. The molecule has 3 nitrogen and oxygen atoms in total. The highest BCUT2D eigenvalue weighted by Crippen LogP contribution is 2.49. The van der Waals surface area contributed by atoms with Gasteiger partial charge in [0.25, 0.3) is 5.91 Å². The summed E-state index contributed by atoms with van der Waals surface area (Å²) in [6.07, 6.45) is 6.19. The zero-order valence-corrected chi connectivity index (χ0v) is 15.1. The van der Waals surface area contributed by atoms with Gasteiger partial charge in [0.1, 0.15) is 0 Å². The average Bonchev–Trinajstić information content (AvgIpc) is 3.14. The number of benzene rings is 2. The first kappa shape index (κ1) is 15.2. The summed E-state index contributed by atoms with van der Waals surface area (Å²) in [5.74, 6) is 0.0754. The van der Waals surface area contributed by atoms with Crippen molar-refractivity contribution in [1.82, 2.24) is 4.98 Å². The lowest BCUT2D eigenvalue weighted by molar-refractivity contribution is -0.113. The minimum absolute atomic E-state index is 0.0754. The number of hydrogen-bond acceptors (Lipinski definition) is 1. The third kappa shape index (κ3) is 1.91. The Labute approximate surface area is 152 Å². The van der Waals surface area contributed by atoms with Crippen LogP contribution in [-0.4, -0.2) is 16.4 Å². The van der Waals surface area contributed by atoms with E-state index in [0.29, 0.717) is 0 Å². The Bertz CT molecular complexity index is 1140. The highest BCUT2D eigenvalue weighted by atomic mass is 16.2. The third-order valence-corrected chi connectivity index (χ3v) is 5.48. The maximum atomic E-state index is 13.4. The molecule has 2 aromatic carbocycles. The van der Waals surface area contributed by atoms with Gasteiger partial charge in [0.15, 0.2) is 0 Å². The summed E-state index contributed by atoms with van der Waals surface area (Å²) in [6.45, 7) is 6.33. The molecule has 1 aromatic heterocycles. The van der Waals surface area contributed by atoms with Gasteiger partial charge in [-0.25, -0.2) is 0 Å². The van der Waals surface area contributed by atoms with Crippen LogP contribution in [-0.2, 0) is 4.79 Å². The van der Waals surface area contributed by atoms with E-state index in [1.807, 2.05) is 35.4 Å². The molecule has 0 spiro atoms. The topological polar surface area (TPSA) is 36.1 Å². The largest absolute Gasteiger partial charge is 0.361 e. The summed E-state index contributed by atoms with van der Waals surface area (Å²) in [7, 11) is 0. The number of hydrogen-bond donors (Lipinski definition) is 1. The highest BCUT2D eigenvalue weighted by Gasteiger charge is 2.44. The molecule has 5 rings (SSSR count). The van der Waals surface area contributed by atoms with E-state index >= 15 is 0 Å². The van der Waals surface area contributed by atoms with Gasteiger partial charge < -0.3 is 4.98 Å². The minimum atomic E-state index is -0.333. The van der Waals surface area contributed by atoms with Gasteiger partial charge in [-0.3, -0.25) is 9.69 Å². The molecule has 1 N–H and O–H groups in total. The van der Waals surface area contributed by atoms with Crippen LogP contribution in [0, 0.1) is 0 Å². The smallest absolute Gasteiger partial charge is 0.259 e. The molecule has 3 heterocycles. The maximum absolute atomic E-state index is 13.4. The molecule has 0 saturated carbocycles. The van der Waals surface area contributed by atoms with Crippen molar-refractivity contribution < 1.29 is 4.79 Å². The SMILES string of the molecule is CC1=CC(C)(C)N2C(=O)/C(=C\c3c[nH]c4ccccc34)c3cccc1c32. The van der Waals surface area contributed by atoms with Crippen molar-refractivity contribution in [3.05, 3.63) is 71.4 Å². The molecule has 0 bridgehead atoms. The highest BCUT2D eigenvalue weighted by molar-refractivity contribution is 6.37. The van der Waals surface area contributed by atoms with Gasteiger partial charge in [0.2, 0.25) is 0 Å². The minimum Gasteiger partial charge on any atom is -0.361 e. The van der Waals surface area contributed by atoms with Gasteiger partial charge in [-0.15, -0.1) is 0 Å². The lowest BCUT2D eigenvalue weighted by Gasteiger charge is -2.38. The molecular formula is C23H20N2O. The summed E-state index contributed by atoms with van der Waals surface area (Å²) < 4.78 is 0. The monoisotopic (exact) mass is 340 g/mol. The second kappa shape index (κ2) is 4.98. The summed E-state index contributed by atoms with van der Waals surface area (Å²) >= 11 is 0. The molecular weight excluding hydrogens is 320 g/mol. The van der Waals surface area contributed by atoms with Gasteiger partial charge in [-0.1, -0.05) is 42.5 Å². The quantitative estimate of drug-likeness (QED) is 0.603. The maximum Gasteiger partial charge on any atom is 0.259 e. The van der Waals surface area contributed by atoms with E-state index in [1.165, 1.54) is 5.57 Å². The predicted molar refractivity (Wildman–Crippen MR) is 108 cm³/mol. The summed E-state index contributed by atoms with van der Waals surface area (Å²) in [5, 5.41) is 1.13. The van der Waals surface area contributed by atoms with Gasteiger partial charge in [0.05, 0.1) is 11.2 Å². The van der Waals surface area contributed by atoms with Crippen molar-refractivity contribution in [2.24, 2.45) is 0 Å².